The van der Waals surface area contributed by atoms with Gasteiger partial charge in [-0.05, 0) is 29.1 Å². The van der Waals surface area contributed by atoms with Gasteiger partial charge in [0.1, 0.15) is 5.82 Å². The molecule has 162 valence electrons. The summed E-state index contributed by atoms with van der Waals surface area (Å²) in [5, 5.41) is 5.16. The van der Waals surface area contributed by atoms with Crippen molar-refractivity contribution in [3.8, 4) is 0 Å². The lowest BCUT2D eigenvalue weighted by Gasteiger charge is -2.32. The Bertz CT molecular complexity index is 1200. The molecule has 32 heavy (non-hydrogen) atoms. The Balaban J connectivity index is 1.74. The number of benzene rings is 2. The van der Waals surface area contributed by atoms with Gasteiger partial charge >= 0.3 is 5.97 Å². The molecule has 3 heterocycles. The van der Waals surface area contributed by atoms with Gasteiger partial charge in [0, 0.05) is 4.88 Å². The Morgan fingerprint density at radius 2 is 1.75 bits per heavy atom. The van der Waals surface area contributed by atoms with Crippen molar-refractivity contribution in [3.63, 3.8) is 0 Å². The van der Waals surface area contributed by atoms with Gasteiger partial charge in [-0.2, -0.15) is 0 Å². The molecule has 4 atom stereocenters. The molecule has 5 rings (SSSR count). The lowest BCUT2D eigenvalue weighted by Crippen LogP contribution is -2.53. The molecule has 2 aliphatic rings. The van der Waals surface area contributed by atoms with Crippen molar-refractivity contribution in [1.82, 2.24) is 5.32 Å². The van der Waals surface area contributed by atoms with Gasteiger partial charge in [-0.15, -0.1) is 11.3 Å². The van der Waals surface area contributed by atoms with Crippen LogP contribution in [0.3, 0.4) is 0 Å². The van der Waals surface area contributed by atoms with E-state index in [1.165, 1.54) is 36.6 Å². The number of hydrogen-bond donors (Lipinski definition) is 1. The number of carbonyl (C=O) groups is 3. The quantitative estimate of drug-likeness (QED) is 0.487. The predicted octanol–water partition coefficient (Wildman–Crippen LogP) is 3.41. The molecule has 1 N–H and O–H groups in total. The summed E-state index contributed by atoms with van der Waals surface area (Å²) < 4.78 is 19.8. The van der Waals surface area contributed by atoms with Crippen LogP contribution in [-0.4, -0.2) is 24.9 Å². The van der Waals surface area contributed by atoms with Crippen LogP contribution in [0, 0.1) is 17.7 Å². The summed E-state index contributed by atoms with van der Waals surface area (Å²) in [4.78, 5) is 42.4. The van der Waals surface area contributed by atoms with E-state index in [-0.39, 0.29) is 5.69 Å². The number of para-hydroxylation sites is 1. The molecular weight excluding hydrogens is 431 g/mol. The predicted molar refractivity (Wildman–Crippen MR) is 116 cm³/mol. The van der Waals surface area contributed by atoms with Crippen molar-refractivity contribution in [2.45, 2.75) is 11.6 Å². The molecule has 2 fully saturated rings. The smallest absolute Gasteiger partial charge is 0.331 e. The molecule has 0 spiro atoms. The maximum Gasteiger partial charge on any atom is 0.331 e. The summed E-state index contributed by atoms with van der Waals surface area (Å²) in [6, 6.07) is 17.5. The van der Waals surface area contributed by atoms with Crippen molar-refractivity contribution >= 4 is 34.8 Å². The zero-order chi connectivity index (χ0) is 22.5. The summed E-state index contributed by atoms with van der Waals surface area (Å²) in [5.41, 5.74) is -1.20. The topological polar surface area (TPSA) is 75.7 Å². The van der Waals surface area contributed by atoms with Gasteiger partial charge in [0.25, 0.3) is 0 Å². The standard InChI is InChI=1S/C24H19FN2O4S/c1-31-23(30)24(14-8-3-2-4-9-14)19-18(20(26-24)17-12-7-13-32-17)21(28)27(22(19)29)16-11-6-5-10-15(16)25/h2-13,18-20,26H,1H3/t18-,19-,20-,24-/m1/s1. The summed E-state index contributed by atoms with van der Waals surface area (Å²) >= 11 is 1.42. The van der Waals surface area contributed by atoms with Gasteiger partial charge < -0.3 is 4.74 Å². The summed E-state index contributed by atoms with van der Waals surface area (Å²) in [6.07, 6.45) is 0. The normalized spacial score (nSPS) is 26.9. The Morgan fingerprint density at radius 3 is 2.41 bits per heavy atom. The highest BCUT2D eigenvalue weighted by molar-refractivity contribution is 7.10. The first-order valence-corrected chi connectivity index (χ1v) is 11.0. The second kappa shape index (κ2) is 7.65. The highest BCUT2D eigenvalue weighted by Crippen LogP contribution is 2.54. The molecule has 1 aromatic heterocycles. The second-order valence-corrected chi connectivity index (χ2v) is 8.75. The van der Waals surface area contributed by atoms with E-state index in [9.17, 15) is 18.8 Å². The monoisotopic (exact) mass is 450 g/mol. The van der Waals surface area contributed by atoms with E-state index in [4.69, 9.17) is 4.74 Å². The zero-order valence-electron chi connectivity index (χ0n) is 17.0. The number of ether oxygens (including phenoxy) is 1. The number of imide groups is 1. The first-order chi connectivity index (χ1) is 15.5. The van der Waals surface area contributed by atoms with Crippen LogP contribution in [-0.2, 0) is 24.7 Å². The minimum absolute atomic E-state index is 0.117. The Labute approximate surface area is 187 Å². The maximum atomic E-state index is 14.6. The SMILES string of the molecule is COC(=O)[C@]1(c2ccccc2)N[C@H](c2cccs2)[C@@H]2C(=O)N(c3ccccc3F)C(=O)[C@@H]21. The number of amides is 2. The third kappa shape index (κ3) is 2.76. The van der Waals surface area contributed by atoms with Crippen LogP contribution in [0.25, 0.3) is 0 Å². The molecule has 2 aliphatic heterocycles. The lowest BCUT2D eigenvalue weighted by atomic mass is 9.75. The number of hydrogen-bond acceptors (Lipinski definition) is 6. The largest absolute Gasteiger partial charge is 0.467 e. The highest BCUT2D eigenvalue weighted by atomic mass is 32.1. The Kier molecular flexibility index (Phi) is 4.91. The lowest BCUT2D eigenvalue weighted by molar-refractivity contribution is -0.152. The number of carbonyl (C=O) groups excluding carboxylic acids is 3. The van der Waals surface area contributed by atoms with Crippen molar-refractivity contribution < 1.29 is 23.5 Å². The number of nitrogens with zero attached hydrogens (tertiary/aromatic N) is 1. The van der Waals surface area contributed by atoms with Gasteiger partial charge in [-0.3, -0.25) is 14.9 Å². The molecular formula is C24H19FN2O4S. The molecule has 2 amide bonds. The van der Waals surface area contributed by atoms with Crippen LogP contribution < -0.4 is 10.2 Å². The van der Waals surface area contributed by atoms with Crippen molar-refractivity contribution in [3.05, 3.63) is 88.4 Å². The van der Waals surface area contributed by atoms with Crippen LogP contribution in [0.2, 0.25) is 0 Å². The van der Waals surface area contributed by atoms with Gasteiger partial charge in [0.05, 0.1) is 30.7 Å². The third-order valence-corrected chi connectivity index (χ3v) is 7.19. The number of esters is 1. The summed E-state index contributed by atoms with van der Waals surface area (Å²) in [6.45, 7) is 0. The number of methoxy groups -OCH3 is 1. The number of thiophene rings is 1. The molecule has 0 radical (unpaired) electrons. The molecule has 6 nitrogen and oxygen atoms in total. The Hall–Kier alpha value is -3.36. The van der Waals surface area contributed by atoms with Crippen molar-refractivity contribution in [2.24, 2.45) is 11.8 Å². The maximum absolute atomic E-state index is 14.6. The number of anilines is 1. The number of fused-ring (bicyclic) bond motifs is 1. The van der Waals surface area contributed by atoms with E-state index >= 15 is 0 Å². The molecule has 2 aromatic carbocycles. The average Bonchev–Trinajstić information content (AvgIpc) is 3.52. The first-order valence-electron chi connectivity index (χ1n) is 10.1. The molecule has 0 unspecified atom stereocenters. The average molecular weight is 450 g/mol. The third-order valence-electron chi connectivity index (χ3n) is 6.24. The molecule has 2 saturated heterocycles. The molecule has 3 aromatic rings. The van der Waals surface area contributed by atoms with E-state index in [0.717, 1.165) is 9.78 Å². The van der Waals surface area contributed by atoms with Crippen LogP contribution in [0.15, 0.2) is 72.1 Å². The molecule has 0 aliphatic carbocycles. The van der Waals surface area contributed by atoms with E-state index in [0.29, 0.717) is 5.56 Å². The number of halogens is 1. The fourth-order valence-corrected chi connectivity index (χ4v) is 5.75. The molecule has 0 saturated carbocycles. The molecule has 0 bridgehead atoms. The fraction of sp³-hybridized carbons (Fsp3) is 0.208. The van der Waals surface area contributed by atoms with Crippen LogP contribution in [0.4, 0.5) is 10.1 Å². The summed E-state index contributed by atoms with van der Waals surface area (Å²) in [5.74, 6) is -4.53. The number of rotatable bonds is 4. The minimum Gasteiger partial charge on any atom is -0.467 e. The Morgan fingerprint density at radius 1 is 1.03 bits per heavy atom. The summed E-state index contributed by atoms with van der Waals surface area (Å²) in [7, 11) is 1.25. The van der Waals surface area contributed by atoms with Crippen molar-refractivity contribution in [1.29, 1.82) is 0 Å². The van der Waals surface area contributed by atoms with E-state index in [1.54, 1.807) is 36.4 Å². The van der Waals surface area contributed by atoms with E-state index in [2.05, 4.69) is 5.32 Å². The van der Waals surface area contributed by atoms with Gasteiger partial charge in [0.15, 0.2) is 5.54 Å². The van der Waals surface area contributed by atoms with Gasteiger partial charge in [0.2, 0.25) is 11.8 Å². The van der Waals surface area contributed by atoms with Crippen molar-refractivity contribution in [2.75, 3.05) is 12.0 Å². The fourth-order valence-electron chi connectivity index (χ4n) is 4.92. The van der Waals surface area contributed by atoms with Crippen LogP contribution >= 0.6 is 11.3 Å². The van der Waals surface area contributed by atoms with Gasteiger partial charge in [-0.1, -0.05) is 48.5 Å². The highest BCUT2D eigenvalue weighted by Gasteiger charge is 2.70. The van der Waals surface area contributed by atoms with Crippen LogP contribution in [0.1, 0.15) is 16.5 Å². The van der Waals surface area contributed by atoms with Crippen LogP contribution in [0.5, 0.6) is 0 Å². The van der Waals surface area contributed by atoms with Gasteiger partial charge in [-0.25, -0.2) is 14.1 Å². The number of nitrogens with one attached hydrogen (secondary N) is 1. The zero-order valence-corrected chi connectivity index (χ0v) is 17.8. The minimum atomic E-state index is -1.60. The molecule has 8 heteroatoms. The van der Waals surface area contributed by atoms with E-state index < -0.39 is 47.0 Å². The van der Waals surface area contributed by atoms with E-state index in [1.807, 2.05) is 17.5 Å². The first kappa shape index (κ1) is 20.5. The second-order valence-electron chi connectivity index (χ2n) is 7.77.